The van der Waals surface area contributed by atoms with Crippen LogP contribution in [0.25, 0.3) is 0 Å². The minimum atomic E-state index is 0. The summed E-state index contributed by atoms with van der Waals surface area (Å²) in [5.74, 6) is 1.52. The SMILES string of the molecule is CN=C(NCCC(=O)NC(C)C)N1CCC(COC)C1.I. The zero-order chi connectivity index (χ0) is 15.0. The van der Waals surface area contributed by atoms with Gasteiger partial charge in [-0.1, -0.05) is 0 Å². The third-order valence-electron chi connectivity index (χ3n) is 3.28. The molecule has 1 fully saturated rings. The van der Waals surface area contributed by atoms with Gasteiger partial charge >= 0.3 is 0 Å². The van der Waals surface area contributed by atoms with E-state index in [1.54, 1.807) is 14.2 Å². The second kappa shape index (κ2) is 11.1. The van der Waals surface area contributed by atoms with E-state index in [0.29, 0.717) is 18.9 Å². The van der Waals surface area contributed by atoms with Crippen LogP contribution < -0.4 is 10.6 Å². The quantitative estimate of drug-likeness (QED) is 0.389. The van der Waals surface area contributed by atoms with E-state index in [1.165, 1.54) is 0 Å². The number of likely N-dealkylation sites (tertiary alicyclic amines) is 1. The van der Waals surface area contributed by atoms with Crippen molar-refractivity contribution >= 4 is 35.8 Å². The second-order valence-electron chi connectivity index (χ2n) is 5.50. The van der Waals surface area contributed by atoms with Crippen LogP contribution in [-0.2, 0) is 9.53 Å². The van der Waals surface area contributed by atoms with E-state index >= 15 is 0 Å². The van der Waals surface area contributed by atoms with E-state index in [2.05, 4.69) is 20.5 Å². The van der Waals surface area contributed by atoms with Gasteiger partial charge in [-0.15, -0.1) is 24.0 Å². The van der Waals surface area contributed by atoms with Crippen molar-refractivity contribution in [3.05, 3.63) is 0 Å². The fourth-order valence-corrected chi connectivity index (χ4v) is 2.41. The van der Waals surface area contributed by atoms with Gasteiger partial charge in [0.05, 0.1) is 6.61 Å². The average Bonchev–Trinajstić information content (AvgIpc) is 2.82. The number of aliphatic imine (C=N–C) groups is 1. The molecule has 1 saturated heterocycles. The lowest BCUT2D eigenvalue weighted by atomic mass is 10.1. The Hall–Kier alpha value is -0.570. The van der Waals surface area contributed by atoms with Crippen molar-refractivity contribution in [2.75, 3.05) is 40.4 Å². The molecule has 0 bridgehead atoms. The zero-order valence-electron chi connectivity index (χ0n) is 13.5. The van der Waals surface area contributed by atoms with Crippen LogP contribution in [0.3, 0.4) is 0 Å². The van der Waals surface area contributed by atoms with Crippen molar-refractivity contribution < 1.29 is 9.53 Å². The van der Waals surface area contributed by atoms with E-state index in [9.17, 15) is 4.79 Å². The summed E-state index contributed by atoms with van der Waals surface area (Å²) in [6.07, 6.45) is 1.59. The molecule has 1 unspecified atom stereocenters. The molecule has 0 aromatic heterocycles. The van der Waals surface area contributed by atoms with E-state index in [1.807, 2.05) is 13.8 Å². The highest BCUT2D eigenvalue weighted by molar-refractivity contribution is 14.0. The Bertz CT molecular complexity index is 337. The predicted octanol–water partition coefficient (Wildman–Crippen LogP) is 1.06. The van der Waals surface area contributed by atoms with Crippen molar-refractivity contribution in [2.45, 2.75) is 32.7 Å². The standard InChI is InChI=1S/C14H28N4O2.HI/c1-11(2)17-13(19)5-7-16-14(15-3)18-8-6-12(9-18)10-20-4;/h11-12H,5-10H2,1-4H3,(H,15,16)(H,17,19);1H. The Morgan fingerprint density at radius 3 is 2.76 bits per heavy atom. The average molecular weight is 412 g/mol. The third-order valence-corrected chi connectivity index (χ3v) is 3.28. The van der Waals surface area contributed by atoms with Gasteiger partial charge in [0.25, 0.3) is 0 Å². The number of nitrogens with one attached hydrogen (secondary N) is 2. The number of hydrogen-bond acceptors (Lipinski definition) is 3. The normalized spacial score (nSPS) is 18.6. The highest BCUT2D eigenvalue weighted by Gasteiger charge is 2.24. The Labute approximate surface area is 145 Å². The summed E-state index contributed by atoms with van der Waals surface area (Å²) in [5.41, 5.74) is 0. The van der Waals surface area contributed by atoms with E-state index < -0.39 is 0 Å². The van der Waals surface area contributed by atoms with Gasteiger partial charge in [0.1, 0.15) is 0 Å². The molecule has 7 heteroatoms. The fraction of sp³-hybridized carbons (Fsp3) is 0.857. The first kappa shape index (κ1) is 20.4. The molecule has 21 heavy (non-hydrogen) atoms. The maximum absolute atomic E-state index is 11.6. The number of carbonyl (C=O) groups is 1. The van der Waals surface area contributed by atoms with Gasteiger partial charge in [0, 0.05) is 52.2 Å². The maximum atomic E-state index is 11.6. The number of halogens is 1. The number of nitrogens with zero attached hydrogens (tertiary/aromatic N) is 2. The summed E-state index contributed by atoms with van der Waals surface area (Å²) in [4.78, 5) is 18.1. The molecule has 1 aliphatic heterocycles. The van der Waals surface area contributed by atoms with Crippen LogP contribution in [0.2, 0.25) is 0 Å². The highest BCUT2D eigenvalue weighted by atomic mass is 127. The Morgan fingerprint density at radius 2 is 2.19 bits per heavy atom. The van der Waals surface area contributed by atoms with Gasteiger partial charge in [-0.05, 0) is 20.3 Å². The summed E-state index contributed by atoms with van der Waals surface area (Å²) in [7, 11) is 3.52. The van der Waals surface area contributed by atoms with Crippen LogP contribution in [0.5, 0.6) is 0 Å². The monoisotopic (exact) mass is 412 g/mol. The van der Waals surface area contributed by atoms with Crippen LogP contribution in [0.1, 0.15) is 26.7 Å². The van der Waals surface area contributed by atoms with Crippen molar-refractivity contribution in [1.29, 1.82) is 0 Å². The Kier molecular flexibility index (Phi) is 10.8. The van der Waals surface area contributed by atoms with Crippen LogP contribution >= 0.6 is 24.0 Å². The molecule has 0 spiro atoms. The lowest BCUT2D eigenvalue weighted by Crippen LogP contribution is -2.42. The summed E-state index contributed by atoms with van der Waals surface area (Å²) < 4.78 is 5.20. The number of carbonyl (C=O) groups excluding carboxylic acids is 1. The van der Waals surface area contributed by atoms with Gasteiger partial charge in [-0.2, -0.15) is 0 Å². The minimum Gasteiger partial charge on any atom is -0.384 e. The molecule has 0 aliphatic carbocycles. The molecule has 0 radical (unpaired) electrons. The first-order valence-electron chi connectivity index (χ1n) is 7.30. The largest absolute Gasteiger partial charge is 0.384 e. The first-order chi connectivity index (χ1) is 9.56. The Morgan fingerprint density at radius 1 is 1.48 bits per heavy atom. The predicted molar refractivity (Wildman–Crippen MR) is 96.2 cm³/mol. The zero-order valence-corrected chi connectivity index (χ0v) is 15.8. The van der Waals surface area contributed by atoms with Crippen molar-refractivity contribution in [1.82, 2.24) is 15.5 Å². The summed E-state index contributed by atoms with van der Waals surface area (Å²) >= 11 is 0. The molecule has 6 nitrogen and oxygen atoms in total. The van der Waals surface area contributed by atoms with Gasteiger partial charge in [-0.3, -0.25) is 9.79 Å². The molecule has 124 valence electrons. The summed E-state index contributed by atoms with van der Waals surface area (Å²) in [6, 6.07) is 0.190. The Balaban J connectivity index is 0.00000400. The van der Waals surface area contributed by atoms with Crippen LogP contribution in [0, 0.1) is 5.92 Å². The molecule has 1 aliphatic rings. The lowest BCUT2D eigenvalue weighted by Gasteiger charge is -2.21. The first-order valence-corrected chi connectivity index (χ1v) is 7.30. The molecule has 0 aromatic rings. The third kappa shape index (κ3) is 7.85. The van der Waals surface area contributed by atoms with Crippen molar-refractivity contribution in [2.24, 2.45) is 10.9 Å². The molecule has 1 heterocycles. The number of amides is 1. The van der Waals surface area contributed by atoms with Crippen LogP contribution in [0.15, 0.2) is 4.99 Å². The molecular formula is C14H29IN4O2. The highest BCUT2D eigenvalue weighted by Crippen LogP contribution is 2.16. The smallest absolute Gasteiger partial charge is 0.221 e. The summed E-state index contributed by atoms with van der Waals surface area (Å²) in [5, 5.41) is 6.13. The second-order valence-corrected chi connectivity index (χ2v) is 5.50. The number of guanidine groups is 1. The van der Waals surface area contributed by atoms with Crippen molar-refractivity contribution in [3.63, 3.8) is 0 Å². The maximum Gasteiger partial charge on any atom is 0.221 e. The van der Waals surface area contributed by atoms with Gasteiger partial charge in [0.2, 0.25) is 5.91 Å². The van der Waals surface area contributed by atoms with Gasteiger partial charge < -0.3 is 20.3 Å². The number of methoxy groups -OCH3 is 1. The topological polar surface area (TPSA) is 66.0 Å². The number of rotatable bonds is 6. The van der Waals surface area contributed by atoms with E-state index in [4.69, 9.17) is 4.74 Å². The van der Waals surface area contributed by atoms with Crippen LogP contribution in [0.4, 0.5) is 0 Å². The van der Waals surface area contributed by atoms with E-state index in [0.717, 1.165) is 32.1 Å². The van der Waals surface area contributed by atoms with Crippen LogP contribution in [-0.4, -0.2) is 63.2 Å². The van der Waals surface area contributed by atoms with Gasteiger partial charge in [-0.25, -0.2) is 0 Å². The molecule has 1 amide bonds. The molecule has 1 rings (SSSR count). The molecular weight excluding hydrogens is 383 g/mol. The fourth-order valence-electron chi connectivity index (χ4n) is 2.41. The van der Waals surface area contributed by atoms with E-state index in [-0.39, 0.29) is 35.9 Å². The molecule has 2 N–H and O–H groups in total. The lowest BCUT2D eigenvalue weighted by molar-refractivity contribution is -0.121. The minimum absolute atomic E-state index is 0. The number of ether oxygens (including phenoxy) is 1. The summed E-state index contributed by atoms with van der Waals surface area (Å²) in [6.45, 7) is 7.29. The molecule has 0 saturated carbocycles. The molecule has 0 aromatic carbocycles. The van der Waals surface area contributed by atoms with Gasteiger partial charge in [0.15, 0.2) is 5.96 Å². The molecule has 1 atom stereocenters. The number of hydrogen-bond donors (Lipinski definition) is 2. The van der Waals surface area contributed by atoms with Crippen molar-refractivity contribution in [3.8, 4) is 0 Å².